The summed E-state index contributed by atoms with van der Waals surface area (Å²) in [4.78, 5) is 12.4. The monoisotopic (exact) mass is 545 g/mol. The van der Waals surface area contributed by atoms with Gasteiger partial charge >= 0.3 is 0 Å². The van der Waals surface area contributed by atoms with Crippen molar-refractivity contribution >= 4 is 27.6 Å². The Balaban J connectivity index is 1.83. The summed E-state index contributed by atoms with van der Waals surface area (Å²) < 4.78 is 41.7. The molecule has 0 bridgehead atoms. The van der Waals surface area contributed by atoms with Crippen LogP contribution in [0, 0.1) is 6.92 Å². The maximum atomic E-state index is 13.4. The van der Waals surface area contributed by atoms with Gasteiger partial charge in [0, 0.05) is 18.1 Å². The molecule has 0 aliphatic rings. The number of ether oxygens (including phenoxy) is 2. The highest BCUT2D eigenvalue weighted by Crippen LogP contribution is 2.37. The molecule has 0 fully saturated rings. The number of para-hydroxylation sites is 1. The Morgan fingerprint density at radius 3 is 2.24 bits per heavy atom. The van der Waals surface area contributed by atoms with Crippen molar-refractivity contribution in [3.63, 3.8) is 0 Å². The lowest BCUT2D eigenvalue weighted by atomic mass is 10.2. The normalized spacial score (nSPS) is 13.1. The molecule has 12 nitrogen and oxygen atoms in total. The van der Waals surface area contributed by atoms with Crippen LogP contribution in [0.5, 0.6) is 11.5 Å². The summed E-state index contributed by atoms with van der Waals surface area (Å²) in [5.41, 5.74) is 1.51. The number of anilines is 1. The molecule has 0 aliphatic heterocycles. The number of hydrogen-bond acceptors (Lipinski definition) is 10. The second-order valence-corrected chi connectivity index (χ2v) is 10.4. The van der Waals surface area contributed by atoms with Crippen LogP contribution in [0.3, 0.4) is 0 Å². The van der Waals surface area contributed by atoms with Gasteiger partial charge < -0.3 is 14.6 Å². The molecular formula is C23H24ClN7O5S. The van der Waals surface area contributed by atoms with Gasteiger partial charge in [0.2, 0.25) is 16.0 Å². The molecule has 0 radical (unpaired) electrons. The van der Waals surface area contributed by atoms with Crippen LogP contribution < -0.4 is 14.2 Å². The molecule has 0 spiro atoms. The fourth-order valence-electron chi connectivity index (χ4n) is 3.52. The molecule has 14 heteroatoms. The minimum atomic E-state index is -4.26. The average molecular weight is 546 g/mol. The molecule has 0 aliphatic carbocycles. The fraction of sp³-hybridized carbons (Fsp3) is 0.261. The van der Waals surface area contributed by atoms with E-state index in [0.717, 1.165) is 5.69 Å². The van der Waals surface area contributed by atoms with Crippen LogP contribution in [-0.4, -0.2) is 62.7 Å². The van der Waals surface area contributed by atoms with Crippen molar-refractivity contribution in [3.05, 3.63) is 65.3 Å². The standard InChI is InChI=1S/C23H24ClN7O5S/c1-13-7-5-8-16(27-13)22-28-29-23(31(22)19-17(35-3)9-6-10-18(19)36-4)30-37(33,34)14(2)20(32)21-25-11-15(24)12-26-21/h5-12,14,20,32H,1-4H3,(H,29,30)/t14-,20-/m1/s1. The molecule has 3 heterocycles. The highest BCUT2D eigenvalue weighted by molar-refractivity contribution is 7.93. The number of methoxy groups -OCH3 is 2. The number of nitrogens with zero attached hydrogens (tertiary/aromatic N) is 6. The first kappa shape index (κ1) is 26.3. The third-order valence-corrected chi connectivity index (χ3v) is 7.38. The number of aryl methyl sites for hydroxylation is 1. The number of hydrogen-bond donors (Lipinski definition) is 2. The molecule has 0 saturated carbocycles. The fourth-order valence-corrected chi connectivity index (χ4v) is 4.65. The van der Waals surface area contributed by atoms with E-state index in [-0.39, 0.29) is 22.6 Å². The Kier molecular flexibility index (Phi) is 7.57. The van der Waals surface area contributed by atoms with E-state index in [4.69, 9.17) is 21.1 Å². The van der Waals surface area contributed by atoms with Crippen LogP contribution in [0.1, 0.15) is 24.5 Å². The predicted octanol–water partition coefficient (Wildman–Crippen LogP) is 2.96. The molecule has 3 aromatic heterocycles. The Morgan fingerprint density at radius 1 is 1.03 bits per heavy atom. The van der Waals surface area contributed by atoms with Gasteiger partial charge in [-0.15, -0.1) is 10.2 Å². The SMILES string of the molecule is COc1cccc(OC)c1-n1c(NS(=O)(=O)[C@H](C)[C@@H](O)c2ncc(Cl)cn2)nnc1-c1cccc(C)n1. The van der Waals surface area contributed by atoms with Crippen LogP contribution in [0.2, 0.25) is 5.02 Å². The van der Waals surface area contributed by atoms with Crippen molar-refractivity contribution in [3.8, 4) is 28.7 Å². The number of aromatic nitrogens is 6. The predicted molar refractivity (Wildman–Crippen MR) is 136 cm³/mol. The molecular weight excluding hydrogens is 522 g/mol. The maximum absolute atomic E-state index is 13.4. The Hall–Kier alpha value is -3.81. The van der Waals surface area contributed by atoms with Gasteiger partial charge in [-0.1, -0.05) is 23.7 Å². The lowest BCUT2D eigenvalue weighted by Gasteiger charge is -2.20. The number of rotatable bonds is 9. The van der Waals surface area contributed by atoms with Gasteiger partial charge in [-0.25, -0.2) is 23.4 Å². The summed E-state index contributed by atoms with van der Waals surface area (Å²) >= 11 is 5.80. The van der Waals surface area contributed by atoms with Gasteiger partial charge in [0.25, 0.3) is 0 Å². The van der Waals surface area contributed by atoms with Crippen molar-refractivity contribution in [2.24, 2.45) is 0 Å². The molecule has 0 unspecified atom stereocenters. The highest BCUT2D eigenvalue weighted by atomic mass is 35.5. The minimum absolute atomic E-state index is 0.0974. The first-order chi connectivity index (χ1) is 17.7. The number of aliphatic hydroxyl groups is 1. The van der Waals surface area contributed by atoms with Gasteiger partial charge in [0.15, 0.2) is 11.6 Å². The van der Waals surface area contributed by atoms with E-state index in [9.17, 15) is 13.5 Å². The average Bonchev–Trinajstić information content (AvgIpc) is 3.29. The molecule has 4 aromatic rings. The van der Waals surface area contributed by atoms with E-state index >= 15 is 0 Å². The summed E-state index contributed by atoms with van der Waals surface area (Å²) in [6.07, 6.45) is 0.988. The molecule has 37 heavy (non-hydrogen) atoms. The molecule has 2 atom stereocenters. The van der Waals surface area contributed by atoms with Crippen molar-refractivity contribution in [1.82, 2.24) is 29.7 Å². The van der Waals surface area contributed by atoms with Gasteiger partial charge in [0.1, 0.15) is 34.2 Å². The molecule has 194 valence electrons. The number of benzene rings is 1. The lowest BCUT2D eigenvalue weighted by molar-refractivity contribution is 0.166. The van der Waals surface area contributed by atoms with Crippen molar-refractivity contribution in [2.75, 3.05) is 18.9 Å². The molecule has 4 rings (SSSR count). The Bertz CT molecular complexity index is 1490. The van der Waals surface area contributed by atoms with E-state index in [1.165, 1.54) is 38.1 Å². The van der Waals surface area contributed by atoms with Crippen molar-refractivity contribution < 1.29 is 23.0 Å². The lowest BCUT2D eigenvalue weighted by Crippen LogP contribution is -2.32. The number of sulfonamides is 1. The van der Waals surface area contributed by atoms with Crippen LogP contribution in [0.15, 0.2) is 48.8 Å². The number of halogens is 1. The molecule has 1 aromatic carbocycles. The number of pyridine rings is 1. The van der Waals surface area contributed by atoms with Crippen LogP contribution in [0.4, 0.5) is 5.95 Å². The van der Waals surface area contributed by atoms with Crippen LogP contribution in [0.25, 0.3) is 17.2 Å². The molecule has 0 saturated heterocycles. The Morgan fingerprint density at radius 2 is 1.65 bits per heavy atom. The van der Waals surface area contributed by atoms with E-state index in [2.05, 4.69) is 29.9 Å². The van der Waals surface area contributed by atoms with Crippen molar-refractivity contribution in [2.45, 2.75) is 25.2 Å². The van der Waals surface area contributed by atoms with E-state index in [0.29, 0.717) is 22.9 Å². The molecule has 0 amide bonds. The minimum Gasteiger partial charge on any atom is -0.494 e. The third-order valence-electron chi connectivity index (χ3n) is 5.48. The molecule has 2 N–H and O–H groups in total. The zero-order valence-corrected chi connectivity index (χ0v) is 21.9. The number of aliphatic hydroxyl groups excluding tert-OH is 1. The zero-order valence-electron chi connectivity index (χ0n) is 20.3. The van der Waals surface area contributed by atoms with Crippen LogP contribution >= 0.6 is 11.6 Å². The van der Waals surface area contributed by atoms with E-state index in [1.807, 2.05) is 13.0 Å². The van der Waals surface area contributed by atoms with Crippen molar-refractivity contribution in [1.29, 1.82) is 0 Å². The van der Waals surface area contributed by atoms with Gasteiger partial charge in [-0.05, 0) is 38.1 Å². The third kappa shape index (κ3) is 5.33. The second-order valence-electron chi connectivity index (χ2n) is 7.91. The summed E-state index contributed by atoms with van der Waals surface area (Å²) in [6, 6.07) is 10.4. The summed E-state index contributed by atoms with van der Waals surface area (Å²) in [6.45, 7) is 3.14. The smallest absolute Gasteiger partial charge is 0.243 e. The van der Waals surface area contributed by atoms with E-state index < -0.39 is 21.4 Å². The summed E-state index contributed by atoms with van der Waals surface area (Å²) in [5.74, 6) is 0.711. The summed E-state index contributed by atoms with van der Waals surface area (Å²) in [7, 11) is -1.31. The zero-order chi connectivity index (χ0) is 26.7. The first-order valence-corrected chi connectivity index (χ1v) is 12.9. The van der Waals surface area contributed by atoms with Gasteiger partial charge in [-0.2, -0.15) is 0 Å². The maximum Gasteiger partial charge on any atom is 0.243 e. The van der Waals surface area contributed by atoms with E-state index in [1.54, 1.807) is 30.3 Å². The topological polar surface area (TPSA) is 154 Å². The largest absolute Gasteiger partial charge is 0.494 e. The first-order valence-electron chi connectivity index (χ1n) is 10.9. The second kappa shape index (κ2) is 10.7. The Labute approximate surface area is 218 Å². The van der Waals surface area contributed by atoms with Gasteiger partial charge in [-0.3, -0.25) is 9.29 Å². The quantitative estimate of drug-likeness (QED) is 0.320. The van der Waals surface area contributed by atoms with Crippen LogP contribution in [-0.2, 0) is 10.0 Å². The summed E-state index contributed by atoms with van der Waals surface area (Å²) in [5, 5.41) is 17.9. The van der Waals surface area contributed by atoms with Gasteiger partial charge in [0.05, 0.1) is 19.2 Å². The highest BCUT2D eigenvalue weighted by Gasteiger charge is 2.34. The number of nitrogens with one attached hydrogen (secondary N) is 1.